The molecule has 2 rings (SSSR count). The van der Waals surface area contributed by atoms with Gasteiger partial charge in [0.2, 0.25) is 0 Å². The minimum atomic E-state index is -1.17. The van der Waals surface area contributed by atoms with E-state index in [1.165, 1.54) is 21.3 Å². The van der Waals surface area contributed by atoms with E-state index in [0.29, 0.717) is 11.3 Å². The molecular formula is C14H16O7. The van der Waals surface area contributed by atoms with Crippen molar-refractivity contribution in [2.45, 2.75) is 18.5 Å². The summed E-state index contributed by atoms with van der Waals surface area (Å²) in [6, 6.07) is 6.94. The second-order valence-corrected chi connectivity index (χ2v) is 4.27. The zero-order chi connectivity index (χ0) is 15.4. The van der Waals surface area contributed by atoms with Gasteiger partial charge in [0.25, 0.3) is 0 Å². The second kappa shape index (κ2) is 6.55. The van der Waals surface area contributed by atoms with Crippen LogP contribution in [0.15, 0.2) is 24.3 Å². The van der Waals surface area contributed by atoms with E-state index in [0.717, 1.165) is 0 Å². The predicted molar refractivity (Wildman–Crippen MR) is 69.5 cm³/mol. The van der Waals surface area contributed by atoms with Gasteiger partial charge in [0.1, 0.15) is 5.75 Å². The fourth-order valence-electron chi connectivity index (χ4n) is 1.98. The molecule has 1 saturated heterocycles. The van der Waals surface area contributed by atoms with Gasteiger partial charge >= 0.3 is 11.9 Å². The summed E-state index contributed by atoms with van der Waals surface area (Å²) in [5.74, 6) is -0.789. The number of rotatable bonds is 4. The van der Waals surface area contributed by atoms with Gasteiger partial charge in [0.15, 0.2) is 18.5 Å². The second-order valence-electron chi connectivity index (χ2n) is 4.27. The van der Waals surface area contributed by atoms with Crippen molar-refractivity contribution in [2.75, 3.05) is 21.3 Å². The largest absolute Gasteiger partial charge is 0.497 e. The van der Waals surface area contributed by atoms with Crippen molar-refractivity contribution in [3.05, 3.63) is 29.8 Å². The van der Waals surface area contributed by atoms with Gasteiger partial charge in [-0.25, -0.2) is 9.59 Å². The Bertz CT molecular complexity index is 504. The summed E-state index contributed by atoms with van der Waals surface area (Å²) in [6.45, 7) is 0. The van der Waals surface area contributed by atoms with Crippen LogP contribution in [0.25, 0.3) is 0 Å². The lowest BCUT2D eigenvalue weighted by Gasteiger charge is -2.11. The molecule has 0 N–H and O–H groups in total. The third kappa shape index (κ3) is 3.14. The molecule has 2 atom stereocenters. The van der Waals surface area contributed by atoms with E-state index in [4.69, 9.17) is 14.2 Å². The Balaban J connectivity index is 2.23. The average molecular weight is 296 g/mol. The predicted octanol–water partition coefficient (Wildman–Crippen LogP) is 0.824. The van der Waals surface area contributed by atoms with Crippen LogP contribution in [0.5, 0.6) is 5.75 Å². The number of benzene rings is 1. The Morgan fingerprint density at radius 1 is 1.00 bits per heavy atom. The van der Waals surface area contributed by atoms with Crippen molar-refractivity contribution in [3.8, 4) is 5.75 Å². The lowest BCUT2D eigenvalue weighted by atomic mass is 10.2. The van der Waals surface area contributed by atoms with Gasteiger partial charge in [-0.3, -0.25) is 0 Å². The molecule has 21 heavy (non-hydrogen) atoms. The molecule has 0 unspecified atom stereocenters. The summed E-state index contributed by atoms with van der Waals surface area (Å²) in [5, 5.41) is 0. The van der Waals surface area contributed by atoms with Crippen molar-refractivity contribution in [2.24, 2.45) is 0 Å². The summed E-state index contributed by atoms with van der Waals surface area (Å²) in [6.07, 6.45) is -3.22. The highest BCUT2D eigenvalue weighted by atomic mass is 16.8. The third-order valence-electron chi connectivity index (χ3n) is 3.05. The molecule has 0 aliphatic carbocycles. The maximum absolute atomic E-state index is 11.7. The summed E-state index contributed by atoms with van der Waals surface area (Å²) in [5.41, 5.74) is 0.620. The molecule has 1 fully saturated rings. The monoisotopic (exact) mass is 296 g/mol. The van der Waals surface area contributed by atoms with Crippen molar-refractivity contribution < 1.29 is 33.3 Å². The van der Waals surface area contributed by atoms with Crippen molar-refractivity contribution >= 4 is 11.9 Å². The highest BCUT2D eigenvalue weighted by Crippen LogP contribution is 2.33. The number of hydrogen-bond donors (Lipinski definition) is 0. The number of methoxy groups -OCH3 is 3. The molecule has 1 aliphatic heterocycles. The van der Waals surface area contributed by atoms with Crippen LogP contribution in [0.4, 0.5) is 0 Å². The number of hydrogen-bond acceptors (Lipinski definition) is 7. The Hall–Kier alpha value is -2.12. The zero-order valence-corrected chi connectivity index (χ0v) is 11.9. The topological polar surface area (TPSA) is 80.3 Å². The molecule has 7 heteroatoms. The fourth-order valence-corrected chi connectivity index (χ4v) is 1.98. The molecule has 1 aromatic carbocycles. The number of carbonyl (C=O) groups is 2. The molecule has 0 amide bonds. The van der Waals surface area contributed by atoms with E-state index in [2.05, 4.69) is 9.47 Å². The third-order valence-corrected chi connectivity index (χ3v) is 3.05. The summed E-state index contributed by atoms with van der Waals surface area (Å²) >= 11 is 0. The van der Waals surface area contributed by atoms with E-state index in [1.54, 1.807) is 24.3 Å². The standard InChI is InChI=1S/C14H16O7/c1-17-9-6-4-5-8(7-9)14-20-10(12(15)18-2)11(21-14)13(16)19-3/h4-7,10-11,14H,1-3H3/t10-,11-/m0/s1. The minimum Gasteiger partial charge on any atom is -0.497 e. The van der Waals surface area contributed by atoms with Crippen LogP contribution in [0, 0.1) is 0 Å². The first-order valence-electron chi connectivity index (χ1n) is 6.21. The first kappa shape index (κ1) is 15.3. The SMILES string of the molecule is COC(=O)[C@H]1OC(c2cccc(OC)c2)O[C@@H]1C(=O)OC. The number of esters is 2. The van der Waals surface area contributed by atoms with Gasteiger partial charge in [-0.05, 0) is 12.1 Å². The Morgan fingerprint density at radius 2 is 1.57 bits per heavy atom. The Morgan fingerprint density at radius 3 is 2.05 bits per heavy atom. The number of ether oxygens (including phenoxy) is 5. The van der Waals surface area contributed by atoms with Gasteiger partial charge in [0, 0.05) is 5.56 Å². The molecule has 1 heterocycles. The fraction of sp³-hybridized carbons (Fsp3) is 0.429. The molecule has 0 radical (unpaired) electrons. The molecule has 1 aliphatic rings. The van der Waals surface area contributed by atoms with E-state index < -0.39 is 30.4 Å². The van der Waals surface area contributed by atoms with E-state index >= 15 is 0 Å². The van der Waals surface area contributed by atoms with Crippen LogP contribution in [-0.4, -0.2) is 45.5 Å². The molecule has 1 aromatic rings. The van der Waals surface area contributed by atoms with Crippen LogP contribution in [0.1, 0.15) is 11.9 Å². The van der Waals surface area contributed by atoms with Crippen LogP contribution < -0.4 is 4.74 Å². The van der Waals surface area contributed by atoms with Gasteiger partial charge in [-0.1, -0.05) is 12.1 Å². The Kier molecular flexibility index (Phi) is 4.77. The van der Waals surface area contributed by atoms with Gasteiger partial charge in [0.05, 0.1) is 21.3 Å². The lowest BCUT2D eigenvalue weighted by molar-refractivity contribution is -0.160. The van der Waals surface area contributed by atoms with Crippen LogP contribution in [0.2, 0.25) is 0 Å². The van der Waals surface area contributed by atoms with Gasteiger partial charge in [-0.2, -0.15) is 0 Å². The summed E-state index contributed by atoms with van der Waals surface area (Å²) < 4.78 is 25.3. The lowest BCUT2D eigenvalue weighted by Crippen LogP contribution is -2.38. The molecule has 0 saturated carbocycles. The zero-order valence-electron chi connectivity index (χ0n) is 11.9. The Labute approximate surface area is 121 Å². The van der Waals surface area contributed by atoms with E-state index in [1.807, 2.05) is 0 Å². The van der Waals surface area contributed by atoms with E-state index in [-0.39, 0.29) is 0 Å². The van der Waals surface area contributed by atoms with Crippen molar-refractivity contribution in [1.82, 2.24) is 0 Å². The van der Waals surface area contributed by atoms with Crippen molar-refractivity contribution in [3.63, 3.8) is 0 Å². The maximum Gasteiger partial charge on any atom is 0.338 e. The van der Waals surface area contributed by atoms with Gasteiger partial charge < -0.3 is 23.7 Å². The van der Waals surface area contributed by atoms with Crippen LogP contribution in [0.3, 0.4) is 0 Å². The molecule has 114 valence electrons. The average Bonchev–Trinajstić information content (AvgIpc) is 2.98. The van der Waals surface area contributed by atoms with E-state index in [9.17, 15) is 9.59 Å². The summed E-state index contributed by atoms with van der Waals surface area (Å²) in [7, 11) is 3.95. The van der Waals surface area contributed by atoms with Crippen LogP contribution >= 0.6 is 0 Å². The molecule has 7 nitrogen and oxygen atoms in total. The first-order valence-corrected chi connectivity index (χ1v) is 6.21. The van der Waals surface area contributed by atoms with Crippen molar-refractivity contribution in [1.29, 1.82) is 0 Å². The maximum atomic E-state index is 11.7. The molecule has 0 spiro atoms. The highest BCUT2D eigenvalue weighted by molar-refractivity contribution is 5.86. The molecule has 0 aromatic heterocycles. The molecular weight excluding hydrogens is 280 g/mol. The highest BCUT2D eigenvalue weighted by Gasteiger charge is 2.47. The normalized spacial score (nSPS) is 21.9. The minimum absolute atomic E-state index is 0.607. The number of carbonyl (C=O) groups excluding carboxylic acids is 2. The molecule has 0 bridgehead atoms. The first-order chi connectivity index (χ1) is 10.1. The van der Waals surface area contributed by atoms with Gasteiger partial charge in [-0.15, -0.1) is 0 Å². The quantitative estimate of drug-likeness (QED) is 0.761. The smallest absolute Gasteiger partial charge is 0.338 e. The van der Waals surface area contributed by atoms with Crippen LogP contribution in [-0.2, 0) is 28.5 Å². The summed E-state index contributed by atoms with van der Waals surface area (Å²) in [4.78, 5) is 23.4.